The first kappa shape index (κ1) is 30.1. The highest BCUT2D eigenvalue weighted by molar-refractivity contribution is 6.02. The summed E-state index contributed by atoms with van der Waals surface area (Å²) < 4.78 is 36.8. The molecule has 0 bridgehead atoms. The van der Waals surface area contributed by atoms with E-state index in [1.54, 1.807) is 24.8 Å². The first-order valence-corrected chi connectivity index (χ1v) is 12.9. The molecule has 1 atom stereocenters. The molecule has 0 saturated carbocycles. The normalized spacial score (nSPS) is 11.4. The van der Waals surface area contributed by atoms with Crippen molar-refractivity contribution in [3.05, 3.63) is 47.9 Å². The fraction of sp³-hybridized carbons (Fsp3) is 0.393. The molecular weight excluding hydrogens is 523 g/mol. The number of aromatic nitrogens is 2. The Balaban J connectivity index is 2.01. The van der Waals surface area contributed by atoms with Gasteiger partial charge in [0.25, 0.3) is 5.91 Å². The summed E-state index contributed by atoms with van der Waals surface area (Å²) in [6.45, 7) is 5.62. The zero-order valence-electron chi connectivity index (χ0n) is 23.2. The lowest BCUT2D eigenvalue weighted by molar-refractivity contribution is -0.146. The Morgan fingerprint density at radius 2 is 1.73 bits per heavy atom. The summed E-state index contributed by atoms with van der Waals surface area (Å²) in [5.41, 5.74) is 1.09. The van der Waals surface area contributed by atoms with E-state index in [1.165, 1.54) is 26.5 Å². The van der Waals surface area contributed by atoms with Crippen LogP contribution in [0.5, 0.6) is 11.5 Å². The van der Waals surface area contributed by atoms with Gasteiger partial charge in [-0.1, -0.05) is 12.1 Å². The Hall–Kier alpha value is -4.48. The predicted molar refractivity (Wildman–Crippen MR) is 145 cm³/mol. The maximum Gasteiger partial charge on any atom is 0.328 e. The maximum atomic E-state index is 16.0. The van der Waals surface area contributed by atoms with E-state index >= 15 is 4.39 Å². The lowest BCUT2D eigenvalue weighted by Crippen LogP contribution is -2.42. The third kappa shape index (κ3) is 6.74. The number of methoxy groups -OCH3 is 2. The molecule has 12 heteroatoms. The van der Waals surface area contributed by atoms with Crippen molar-refractivity contribution < 1.29 is 37.7 Å². The molecular formula is C28H33FN4O7. The molecule has 3 rings (SSSR count). The van der Waals surface area contributed by atoms with Gasteiger partial charge in [0.1, 0.15) is 17.4 Å². The van der Waals surface area contributed by atoms with Crippen molar-refractivity contribution in [1.82, 2.24) is 15.3 Å². The number of anilines is 2. The van der Waals surface area contributed by atoms with Crippen molar-refractivity contribution in [2.75, 3.05) is 38.9 Å². The fourth-order valence-corrected chi connectivity index (χ4v) is 4.11. The second-order valence-electron chi connectivity index (χ2n) is 8.40. The van der Waals surface area contributed by atoms with Gasteiger partial charge >= 0.3 is 11.9 Å². The molecule has 11 nitrogen and oxygen atoms in total. The number of fused-ring (bicyclic) bond motifs is 1. The van der Waals surface area contributed by atoms with E-state index in [1.807, 2.05) is 25.1 Å². The van der Waals surface area contributed by atoms with Gasteiger partial charge in [-0.3, -0.25) is 14.6 Å². The number of carbonyl (C=O) groups is 3. The summed E-state index contributed by atoms with van der Waals surface area (Å²) in [7, 11) is 2.54. The molecule has 0 aliphatic rings. The van der Waals surface area contributed by atoms with Crippen molar-refractivity contribution in [1.29, 1.82) is 0 Å². The monoisotopic (exact) mass is 556 g/mol. The van der Waals surface area contributed by atoms with E-state index in [-0.39, 0.29) is 43.1 Å². The average molecular weight is 557 g/mol. The van der Waals surface area contributed by atoms with Crippen LogP contribution >= 0.6 is 0 Å². The van der Waals surface area contributed by atoms with Gasteiger partial charge in [-0.05, 0) is 39.3 Å². The summed E-state index contributed by atoms with van der Waals surface area (Å²) in [5, 5.41) is 2.52. The molecule has 1 heterocycles. The number of amides is 1. The Morgan fingerprint density at radius 1 is 1.02 bits per heavy atom. The predicted octanol–water partition coefficient (Wildman–Crippen LogP) is 3.95. The van der Waals surface area contributed by atoms with Crippen molar-refractivity contribution in [3.8, 4) is 11.5 Å². The summed E-state index contributed by atoms with van der Waals surface area (Å²) in [4.78, 5) is 48.4. The summed E-state index contributed by atoms with van der Waals surface area (Å²) >= 11 is 0. The fourth-order valence-electron chi connectivity index (χ4n) is 4.11. The first-order chi connectivity index (χ1) is 19.3. The summed E-state index contributed by atoms with van der Waals surface area (Å²) in [6.07, 6.45) is 1.30. The number of ether oxygens (including phenoxy) is 4. The lowest BCUT2D eigenvalue weighted by atomic mass is 10.1. The highest BCUT2D eigenvalue weighted by atomic mass is 19.1. The van der Waals surface area contributed by atoms with Gasteiger partial charge in [0.05, 0.1) is 50.4 Å². The van der Waals surface area contributed by atoms with Crippen LogP contribution in [0.25, 0.3) is 11.0 Å². The van der Waals surface area contributed by atoms with Crippen LogP contribution in [0.1, 0.15) is 44.0 Å². The molecule has 214 valence electrons. The molecule has 1 aromatic heterocycles. The number of rotatable bonds is 13. The van der Waals surface area contributed by atoms with Crippen LogP contribution in [0.3, 0.4) is 0 Å². The second kappa shape index (κ2) is 14.1. The molecule has 1 unspecified atom stereocenters. The van der Waals surface area contributed by atoms with E-state index in [9.17, 15) is 14.4 Å². The number of nitrogens with one attached hydrogen (secondary N) is 1. The minimum Gasteiger partial charge on any atom is -0.496 e. The van der Waals surface area contributed by atoms with Crippen LogP contribution in [0.4, 0.5) is 15.9 Å². The van der Waals surface area contributed by atoms with Crippen LogP contribution in [0.2, 0.25) is 0 Å². The van der Waals surface area contributed by atoms with Crippen molar-refractivity contribution in [2.45, 2.75) is 39.7 Å². The number of para-hydroxylation sites is 2. The van der Waals surface area contributed by atoms with E-state index < -0.39 is 35.5 Å². The number of esters is 2. The van der Waals surface area contributed by atoms with E-state index in [0.717, 1.165) is 0 Å². The Bertz CT molecular complexity index is 1370. The highest BCUT2D eigenvalue weighted by Gasteiger charge is 2.31. The van der Waals surface area contributed by atoms with E-state index in [4.69, 9.17) is 18.9 Å². The van der Waals surface area contributed by atoms with Gasteiger partial charge in [0.2, 0.25) is 0 Å². The van der Waals surface area contributed by atoms with Crippen LogP contribution in [0.15, 0.2) is 36.5 Å². The van der Waals surface area contributed by atoms with Gasteiger partial charge in [-0.15, -0.1) is 0 Å². The Labute approximate surface area is 231 Å². The highest BCUT2D eigenvalue weighted by Crippen LogP contribution is 2.40. The topological polar surface area (TPSA) is 129 Å². The first-order valence-electron chi connectivity index (χ1n) is 12.9. The summed E-state index contributed by atoms with van der Waals surface area (Å²) in [6, 6.07) is 7.44. The van der Waals surface area contributed by atoms with Crippen LogP contribution in [-0.2, 0) is 19.1 Å². The zero-order chi connectivity index (χ0) is 29.2. The molecule has 0 aliphatic carbocycles. The molecule has 0 aliphatic heterocycles. The number of halogens is 1. The molecule has 0 radical (unpaired) electrons. The number of hydrogen-bond acceptors (Lipinski definition) is 10. The van der Waals surface area contributed by atoms with Crippen LogP contribution in [0, 0.1) is 5.82 Å². The number of nitrogens with zero attached hydrogens (tertiary/aromatic N) is 3. The minimum absolute atomic E-state index is 0.00838. The van der Waals surface area contributed by atoms with Gasteiger partial charge < -0.3 is 29.2 Å². The third-order valence-corrected chi connectivity index (χ3v) is 5.95. The van der Waals surface area contributed by atoms with Gasteiger partial charge in [-0.25, -0.2) is 14.2 Å². The standard InChI is InChI=1S/C28H33FN4O7/c1-6-33(22-16-30-17-11-9-10-12-18(17)31-22)20-15-21(37-4)24(26(38-5)25(20)29)27(35)32-19(28(36)40-8-3)13-14-23(34)39-7-2/h9-12,15-16,19H,6-8,13-14H2,1-5H3,(H,32,35). The van der Waals surface area contributed by atoms with Crippen molar-refractivity contribution >= 4 is 40.4 Å². The number of hydrogen-bond donors (Lipinski definition) is 1. The number of carbonyl (C=O) groups excluding carboxylic acids is 3. The zero-order valence-corrected chi connectivity index (χ0v) is 23.2. The Morgan fingerprint density at radius 3 is 2.35 bits per heavy atom. The molecule has 1 N–H and O–H groups in total. The maximum absolute atomic E-state index is 16.0. The van der Waals surface area contributed by atoms with Crippen molar-refractivity contribution in [2.24, 2.45) is 0 Å². The Kier molecular flexibility index (Phi) is 10.6. The molecule has 0 fully saturated rings. The van der Waals surface area contributed by atoms with Crippen LogP contribution < -0.4 is 19.7 Å². The molecule has 0 saturated heterocycles. The average Bonchev–Trinajstić information content (AvgIpc) is 2.96. The molecule has 1 amide bonds. The second-order valence-corrected chi connectivity index (χ2v) is 8.40. The molecule has 3 aromatic rings. The van der Waals surface area contributed by atoms with Crippen LogP contribution in [-0.4, -0.2) is 67.8 Å². The SMILES string of the molecule is CCOC(=O)CCC(NC(=O)c1c(OC)cc(N(CC)c2cnc3ccccc3n2)c(F)c1OC)C(=O)OCC. The lowest BCUT2D eigenvalue weighted by Gasteiger charge is -2.25. The quantitative estimate of drug-likeness (QED) is 0.309. The van der Waals surface area contributed by atoms with Gasteiger partial charge in [0.15, 0.2) is 17.4 Å². The molecule has 40 heavy (non-hydrogen) atoms. The van der Waals surface area contributed by atoms with Crippen molar-refractivity contribution in [3.63, 3.8) is 0 Å². The third-order valence-electron chi connectivity index (χ3n) is 5.95. The minimum atomic E-state index is -1.20. The number of benzene rings is 2. The largest absolute Gasteiger partial charge is 0.496 e. The van der Waals surface area contributed by atoms with Gasteiger partial charge in [-0.2, -0.15) is 0 Å². The van der Waals surface area contributed by atoms with E-state index in [2.05, 4.69) is 15.3 Å². The molecule has 0 spiro atoms. The molecule has 2 aromatic carbocycles. The van der Waals surface area contributed by atoms with E-state index in [0.29, 0.717) is 23.4 Å². The summed E-state index contributed by atoms with van der Waals surface area (Å²) in [5.74, 6) is -3.00. The smallest absolute Gasteiger partial charge is 0.328 e. The van der Waals surface area contributed by atoms with Gasteiger partial charge in [0, 0.05) is 19.0 Å².